The van der Waals surface area contributed by atoms with Crippen LogP contribution in [-0.4, -0.2) is 29.2 Å². The van der Waals surface area contributed by atoms with Crippen LogP contribution in [0.2, 0.25) is 0 Å². The van der Waals surface area contributed by atoms with Gasteiger partial charge in [0.25, 0.3) is 6.43 Å². The molecule has 24 heavy (non-hydrogen) atoms. The highest BCUT2D eigenvalue weighted by Gasteiger charge is 2.16. The average Bonchev–Trinajstić information content (AvgIpc) is 2.51. The number of alkyl halides is 2. The van der Waals surface area contributed by atoms with Crippen molar-refractivity contribution in [3.05, 3.63) is 58.9 Å². The van der Waals surface area contributed by atoms with Gasteiger partial charge >= 0.3 is 5.97 Å². The van der Waals surface area contributed by atoms with E-state index in [-0.39, 0.29) is 11.3 Å². The lowest BCUT2D eigenvalue weighted by atomic mass is 10.0. The summed E-state index contributed by atoms with van der Waals surface area (Å²) in [5.41, 5.74) is 0.264. The average molecular weight is 338 g/mol. The van der Waals surface area contributed by atoms with Gasteiger partial charge in [0.1, 0.15) is 29.5 Å². The number of benzene rings is 2. The highest BCUT2D eigenvalue weighted by Crippen LogP contribution is 2.29. The third kappa shape index (κ3) is 4.52. The van der Waals surface area contributed by atoms with Crippen molar-refractivity contribution in [1.82, 2.24) is 0 Å². The van der Waals surface area contributed by atoms with E-state index in [2.05, 4.69) is 0 Å². The lowest BCUT2D eigenvalue weighted by molar-refractivity contribution is 0.0691. The molecule has 2 N–H and O–H groups in total. The second kappa shape index (κ2) is 7.54. The molecule has 0 aliphatic carbocycles. The summed E-state index contributed by atoms with van der Waals surface area (Å²) in [6.45, 7) is -0.882. The molecule has 0 saturated heterocycles. The number of halogens is 3. The van der Waals surface area contributed by atoms with Crippen LogP contribution >= 0.6 is 0 Å². The Labute approximate surface area is 135 Å². The number of aromatic hydroxyl groups is 1. The summed E-state index contributed by atoms with van der Waals surface area (Å²) in [7, 11) is 0. The third-order valence-electron chi connectivity index (χ3n) is 3.04. The molecule has 0 fully saturated rings. The molecular weight excluding hydrogens is 325 g/mol. The molecule has 0 heterocycles. The van der Waals surface area contributed by atoms with Crippen molar-refractivity contribution in [3.8, 4) is 11.5 Å². The van der Waals surface area contributed by atoms with Gasteiger partial charge in [0, 0.05) is 6.07 Å². The van der Waals surface area contributed by atoms with Crippen LogP contribution in [-0.2, 0) is 0 Å². The van der Waals surface area contributed by atoms with Crippen LogP contribution in [0.4, 0.5) is 13.2 Å². The van der Waals surface area contributed by atoms with Crippen molar-refractivity contribution in [2.75, 3.05) is 6.61 Å². The first kappa shape index (κ1) is 17.4. The topological polar surface area (TPSA) is 66.8 Å². The summed E-state index contributed by atoms with van der Waals surface area (Å²) >= 11 is 0. The number of phenols is 1. The van der Waals surface area contributed by atoms with Crippen molar-refractivity contribution < 1.29 is 32.9 Å². The number of ether oxygens (including phenoxy) is 1. The lowest BCUT2D eigenvalue weighted by Gasteiger charge is -2.10. The van der Waals surface area contributed by atoms with Crippen LogP contribution in [0.5, 0.6) is 11.5 Å². The second-order valence-electron chi connectivity index (χ2n) is 4.80. The normalized spacial score (nSPS) is 11.2. The van der Waals surface area contributed by atoms with E-state index in [9.17, 15) is 28.2 Å². The molecule has 0 spiro atoms. The Balaban J connectivity index is 2.37. The maximum atomic E-state index is 12.9. The van der Waals surface area contributed by atoms with Gasteiger partial charge in [-0.25, -0.2) is 18.0 Å². The molecule has 0 amide bonds. The molecule has 2 aromatic rings. The summed E-state index contributed by atoms with van der Waals surface area (Å²) in [6, 6.07) is 7.61. The number of hydrogen-bond acceptors (Lipinski definition) is 3. The van der Waals surface area contributed by atoms with E-state index in [1.807, 2.05) is 0 Å². The fourth-order valence-electron chi connectivity index (χ4n) is 1.99. The van der Waals surface area contributed by atoms with Crippen LogP contribution in [0.3, 0.4) is 0 Å². The Morgan fingerprint density at radius 1 is 1.17 bits per heavy atom. The minimum atomic E-state index is -2.70. The fourth-order valence-corrected chi connectivity index (χ4v) is 1.99. The Kier molecular flexibility index (Phi) is 5.47. The largest absolute Gasteiger partial charge is 0.507 e. The van der Waals surface area contributed by atoms with Gasteiger partial charge < -0.3 is 14.9 Å². The van der Waals surface area contributed by atoms with Crippen LogP contribution in [0.15, 0.2) is 36.4 Å². The molecular formula is C17H13F3O4. The molecule has 0 radical (unpaired) electrons. The lowest BCUT2D eigenvalue weighted by Crippen LogP contribution is -2.08. The molecule has 0 aromatic heterocycles. The first-order chi connectivity index (χ1) is 11.4. The predicted molar refractivity (Wildman–Crippen MR) is 81.9 cm³/mol. The Morgan fingerprint density at radius 3 is 2.42 bits per heavy atom. The summed E-state index contributed by atoms with van der Waals surface area (Å²) in [5, 5.41) is 19.0. The minimum absolute atomic E-state index is 0.0658. The van der Waals surface area contributed by atoms with Crippen LogP contribution in [0, 0.1) is 5.82 Å². The molecule has 0 unspecified atom stereocenters. The molecule has 4 nitrogen and oxygen atoms in total. The number of carboxylic acid groups (broad SMARTS) is 1. The third-order valence-corrected chi connectivity index (χ3v) is 3.04. The van der Waals surface area contributed by atoms with Crippen molar-refractivity contribution in [2.45, 2.75) is 6.43 Å². The van der Waals surface area contributed by atoms with Gasteiger partial charge in [-0.15, -0.1) is 0 Å². The number of rotatable bonds is 6. The van der Waals surface area contributed by atoms with E-state index in [0.717, 1.165) is 6.07 Å². The molecule has 0 atom stereocenters. The van der Waals surface area contributed by atoms with Gasteiger partial charge in [-0.05, 0) is 29.3 Å². The van der Waals surface area contributed by atoms with E-state index in [0.29, 0.717) is 5.56 Å². The van der Waals surface area contributed by atoms with Gasteiger partial charge in [-0.1, -0.05) is 24.3 Å². The molecule has 2 aromatic carbocycles. The predicted octanol–water partition coefficient (Wildman–Crippen LogP) is 4.04. The van der Waals surface area contributed by atoms with E-state index in [1.165, 1.54) is 42.5 Å². The molecule has 126 valence electrons. The fraction of sp³-hybridized carbons (Fsp3) is 0.118. The molecule has 0 aliphatic rings. The first-order valence-corrected chi connectivity index (χ1v) is 6.81. The number of hydrogen-bond donors (Lipinski definition) is 2. The van der Waals surface area contributed by atoms with Crippen LogP contribution < -0.4 is 4.74 Å². The Hall–Kier alpha value is -2.96. The van der Waals surface area contributed by atoms with E-state index in [1.54, 1.807) is 0 Å². The summed E-state index contributed by atoms with van der Waals surface area (Å²) in [5.74, 6) is -2.49. The highest BCUT2D eigenvalue weighted by atomic mass is 19.3. The molecule has 7 heteroatoms. The summed E-state index contributed by atoms with van der Waals surface area (Å²) in [6.07, 6.45) is 0.160. The zero-order valence-corrected chi connectivity index (χ0v) is 12.2. The van der Waals surface area contributed by atoms with E-state index >= 15 is 0 Å². The maximum Gasteiger partial charge on any atom is 0.340 e. The smallest absolute Gasteiger partial charge is 0.340 e. The quantitative estimate of drug-likeness (QED) is 0.780. The van der Waals surface area contributed by atoms with Gasteiger partial charge in [-0.3, -0.25) is 0 Å². The number of aromatic carboxylic acids is 1. The van der Waals surface area contributed by atoms with Gasteiger partial charge in [0.05, 0.1) is 0 Å². The second-order valence-corrected chi connectivity index (χ2v) is 4.80. The molecule has 0 bridgehead atoms. The van der Waals surface area contributed by atoms with Gasteiger partial charge in [-0.2, -0.15) is 0 Å². The molecule has 0 aliphatic heterocycles. The van der Waals surface area contributed by atoms with Gasteiger partial charge in [0.15, 0.2) is 0 Å². The Bertz CT molecular complexity index is 755. The van der Waals surface area contributed by atoms with Crippen molar-refractivity contribution >= 4 is 18.1 Å². The minimum Gasteiger partial charge on any atom is -0.507 e. The number of carbonyl (C=O) groups is 1. The molecule has 0 saturated carbocycles. The maximum absolute atomic E-state index is 12.9. The Morgan fingerprint density at radius 2 is 1.83 bits per heavy atom. The summed E-state index contributed by atoms with van der Waals surface area (Å²) in [4.78, 5) is 11.3. The first-order valence-electron chi connectivity index (χ1n) is 6.81. The molecule has 2 rings (SSSR count). The van der Waals surface area contributed by atoms with Crippen molar-refractivity contribution in [3.63, 3.8) is 0 Å². The van der Waals surface area contributed by atoms with Crippen LogP contribution in [0.25, 0.3) is 12.2 Å². The van der Waals surface area contributed by atoms with Crippen molar-refractivity contribution in [2.24, 2.45) is 0 Å². The van der Waals surface area contributed by atoms with Gasteiger partial charge in [0.2, 0.25) is 0 Å². The van der Waals surface area contributed by atoms with E-state index < -0.39 is 36.1 Å². The zero-order chi connectivity index (χ0) is 17.7. The van der Waals surface area contributed by atoms with Crippen molar-refractivity contribution in [1.29, 1.82) is 0 Å². The standard InChI is InChI=1S/C17H13F3O4/c18-12-5-2-10(3-6-12)1-4-11-7-13(24-9-15(19)20)8-14(21)16(11)17(22)23/h1-8,15,21H,9H2,(H,22,23). The number of carboxylic acids is 1. The highest BCUT2D eigenvalue weighted by molar-refractivity contribution is 5.96. The zero-order valence-electron chi connectivity index (χ0n) is 12.2. The SMILES string of the molecule is O=C(O)c1c(O)cc(OCC(F)F)cc1C=Cc1ccc(F)cc1. The summed E-state index contributed by atoms with van der Waals surface area (Å²) < 4.78 is 42.1. The monoisotopic (exact) mass is 338 g/mol. The van der Waals surface area contributed by atoms with Crippen LogP contribution in [0.1, 0.15) is 21.5 Å². The van der Waals surface area contributed by atoms with E-state index in [4.69, 9.17) is 4.74 Å².